The molecule has 0 aliphatic rings. The summed E-state index contributed by atoms with van der Waals surface area (Å²) in [5, 5.41) is 9.51. The SMILES string of the molecule is O=C(Nc1ccncc1)c1cn[nH]c1-c1ccccn1. The van der Waals surface area contributed by atoms with E-state index in [0.717, 1.165) is 0 Å². The third-order valence-electron chi connectivity index (χ3n) is 2.74. The number of nitrogens with zero attached hydrogens (tertiary/aromatic N) is 3. The number of carbonyl (C=O) groups excluding carboxylic acids is 1. The number of nitrogens with one attached hydrogen (secondary N) is 2. The highest BCUT2D eigenvalue weighted by molar-refractivity contribution is 6.07. The van der Waals surface area contributed by atoms with Crippen LogP contribution in [-0.4, -0.2) is 26.1 Å². The molecule has 0 aliphatic heterocycles. The average Bonchev–Trinajstić information content (AvgIpc) is 2.99. The molecule has 0 spiro atoms. The first-order chi connectivity index (χ1) is 9.84. The Morgan fingerprint density at radius 3 is 2.70 bits per heavy atom. The molecule has 0 saturated heterocycles. The van der Waals surface area contributed by atoms with E-state index in [-0.39, 0.29) is 5.91 Å². The van der Waals surface area contributed by atoms with Crippen LogP contribution in [0, 0.1) is 0 Å². The second-order valence-electron chi connectivity index (χ2n) is 4.06. The lowest BCUT2D eigenvalue weighted by atomic mass is 10.1. The first-order valence-electron chi connectivity index (χ1n) is 6.01. The molecule has 3 heterocycles. The van der Waals surface area contributed by atoms with Gasteiger partial charge in [0, 0.05) is 24.3 Å². The molecular weight excluding hydrogens is 254 g/mol. The summed E-state index contributed by atoms with van der Waals surface area (Å²) in [6, 6.07) is 8.93. The molecule has 0 fully saturated rings. The van der Waals surface area contributed by atoms with Gasteiger partial charge in [0.2, 0.25) is 0 Å². The topological polar surface area (TPSA) is 83.6 Å². The Hall–Kier alpha value is -3.02. The van der Waals surface area contributed by atoms with Crippen molar-refractivity contribution in [2.45, 2.75) is 0 Å². The number of rotatable bonds is 3. The number of H-pyrrole nitrogens is 1. The minimum atomic E-state index is -0.245. The van der Waals surface area contributed by atoms with E-state index in [1.54, 1.807) is 30.7 Å². The Bertz CT molecular complexity index is 709. The van der Waals surface area contributed by atoms with Gasteiger partial charge in [-0.2, -0.15) is 5.10 Å². The van der Waals surface area contributed by atoms with Crippen molar-refractivity contribution in [1.29, 1.82) is 0 Å². The number of aromatic amines is 1. The van der Waals surface area contributed by atoms with E-state index in [0.29, 0.717) is 22.6 Å². The van der Waals surface area contributed by atoms with Crippen LogP contribution in [0.15, 0.2) is 55.1 Å². The van der Waals surface area contributed by atoms with Crippen molar-refractivity contribution in [2.24, 2.45) is 0 Å². The van der Waals surface area contributed by atoms with E-state index >= 15 is 0 Å². The molecule has 0 saturated carbocycles. The smallest absolute Gasteiger partial charge is 0.259 e. The first-order valence-corrected chi connectivity index (χ1v) is 6.01. The highest BCUT2D eigenvalue weighted by atomic mass is 16.1. The lowest BCUT2D eigenvalue weighted by Crippen LogP contribution is -2.12. The van der Waals surface area contributed by atoms with E-state index in [1.165, 1.54) is 6.20 Å². The largest absolute Gasteiger partial charge is 0.322 e. The van der Waals surface area contributed by atoms with Crippen LogP contribution >= 0.6 is 0 Å². The minimum absolute atomic E-state index is 0.245. The van der Waals surface area contributed by atoms with Gasteiger partial charge in [-0.1, -0.05) is 6.07 Å². The number of hydrogen-bond donors (Lipinski definition) is 2. The van der Waals surface area contributed by atoms with Crippen molar-refractivity contribution in [3.8, 4) is 11.4 Å². The Balaban J connectivity index is 1.88. The van der Waals surface area contributed by atoms with Gasteiger partial charge in [0.05, 0.1) is 23.1 Å². The second-order valence-corrected chi connectivity index (χ2v) is 4.06. The predicted molar refractivity (Wildman–Crippen MR) is 74.0 cm³/mol. The van der Waals surface area contributed by atoms with Gasteiger partial charge in [0.1, 0.15) is 0 Å². The molecule has 6 heteroatoms. The van der Waals surface area contributed by atoms with Gasteiger partial charge in [-0.05, 0) is 24.3 Å². The van der Waals surface area contributed by atoms with Gasteiger partial charge in [-0.25, -0.2) is 0 Å². The van der Waals surface area contributed by atoms with Crippen molar-refractivity contribution >= 4 is 11.6 Å². The quantitative estimate of drug-likeness (QED) is 0.759. The summed E-state index contributed by atoms with van der Waals surface area (Å²) in [7, 11) is 0. The monoisotopic (exact) mass is 265 g/mol. The Morgan fingerprint density at radius 1 is 1.10 bits per heavy atom. The minimum Gasteiger partial charge on any atom is -0.322 e. The molecular formula is C14H11N5O. The highest BCUT2D eigenvalue weighted by Crippen LogP contribution is 2.19. The second kappa shape index (κ2) is 5.31. The molecule has 0 radical (unpaired) electrons. The van der Waals surface area contributed by atoms with Crippen LogP contribution < -0.4 is 5.32 Å². The standard InChI is InChI=1S/C14H11N5O/c20-14(18-10-4-7-15-8-5-10)11-9-17-19-13(11)12-3-1-2-6-16-12/h1-9H,(H,17,19)(H,15,18,20). The van der Waals surface area contributed by atoms with Gasteiger partial charge >= 0.3 is 0 Å². The van der Waals surface area contributed by atoms with Crippen LogP contribution in [0.3, 0.4) is 0 Å². The van der Waals surface area contributed by atoms with Crippen molar-refractivity contribution in [1.82, 2.24) is 20.2 Å². The Labute approximate surface area is 114 Å². The van der Waals surface area contributed by atoms with Crippen molar-refractivity contribution in [3.63, 3.8) is 0 Å². The third-order valence-corrected chi connectivity index (χ3v) is 2.74. The van der Waals surface area contributed by atoms with E-state index in [1.807, 2.05) is 18.2 Å². The van der Waals surface area contributed by atoms with Crippen LogP contribution in [0.5, 0.6) is 0 Å². The summed E-state index contributed by atoms with van der Waals surface area (Å²) in [6.07, 6.45) is 6.39. The molecule has 0 aromatic carbocycles. The summed E-state index contributed by atoms with van der Waals surface area (Å²) in [4.78, 5) is 20.4. The number of amides is 1. The molecule has 0 aliphatic carbocycles. The lowest BCUT2D eigenvalue weighted by molar-refractivity contribution is 0.102. The van der Waals surface area contributed by atoms with Crippen LogP contribution in [0.2, 0.25) is 0 Å². The summed E-state index contributed by atoms with van der Waals surface area (Å²) in [5.41, 5.74) is 2.39. The van der Waals surface area contributed by atoms with Crippen LogP contribution in [-0.2, 0) is 0 Å². The van der Waals surface area contributed by atoms with E-state index in [4.69, 9.17) is 0 Å². The fourth-order valence-corrected chi connectivity index (χ4v) is 1.80. The molecule has 98 valence electrons. The average molecular weight is 265 g/mol. The molecule has 6 nitrogen and oxygen atoms in total. The molecule has 3 aromatic rings. The molecule has 3 rings (SSSR count). The van der Waals surface area contributed by atoms with Gasteiger partial charge in [-0.3, -0.25) is 19.9 Å². The molecule has 2 N–H and O–H groups in total. The van der Waals surface area contributed by atoms with Crippen LogP contribution in [0.4, 0.5) is 5.69 Å². The lowest BCUT2D eigenvalue weighted by Gasteiger charge is -2.04. The summed E-state index contributed by atoms with van der Waals surface area (Å²) >= 11 is 0. The summed E-state index contributed by atoms with van der Waals surface area (Å²) < 4.78 is 0. The number of hydrogen-bond acceptors (Lipinski definition) is 4. The highest BCUT2D eigenvalue weighted by Gasteiger charge is 2.15. The maximum Gasteiger partial charge on any atom is 0.259 e. The van der Waals surface area contributed by atoms with E-state index < -0.39 is 0 Å². The molecule has 1 amide bonds. The maximum atomic E-state index is 12.3. The zero-order chi connectivity index (χ0) is 13.8. The van der Waals surface area contributed by atoms with Crippen molar-refractivity contribution < 1.29 is 4.79 Å². The predicted octanol–water partition coefficient (Wildman–Crippen LogP) is 2.12. The molecule has 3 aromatic heterocycles. The number of anilines is 1. The summed E-state index contributed by atoms with van der Waals surface area (Å²) in [5.74, 6) is -0.245. The molecule has 0 bridgehead atoms. The summed E-state index contributed by atoms with van der Waals surface area (Å²) in [6.45, 7) is 0. The van der Waals surface area contributed by atoms with Gasteiger partial charge < -0.3 is 5.32 Å². The Morgan fingerprint density at radius 2 is 1.95 bits per heavy atom. The third kappa shape index (κ3) is 2.39. The molecule has 0 atom stereocenters. The fraction of sp³-hybridized carbons (Fsp3) is 0. The number of carbonyl (C=O) groups is 1. The van der Waals surface area contributed by atoms with Gasteiger partial charge in [0.25, 0.3) is 5.91 Å². The number of aromatic nitrogens is 4. The zero-order valence-corrected chi connectivity index (χ0v) is 10.4. The van der Waals surface area contributed by atoms with Gasteiger partial charge in [-0.15, -0.1) is 0 Å². The normalized spacial score (nSPS) is 10.2. The molecule has 0 unspecified atom stereocenters. The van der Waals surface area contributed by atoms with E-state index in [9.17, 15) is 4.79 Å². The van der Waals surface area contributed by atoms with Crippen LogP contribution in [0.25, 0.3) is 11.4 Å². The Kier molecular flexibility index (Phi) is 3.20. The fourth-order valence-electron chi connectivity index (χ4n) is 1.80. The first kappa shape index (κ1) is 12.0. The number of pyridine rings is 2. The van der Waals surface area contributed by atoms with E-state index in [2.05, 4.69) is 25.5 Å². The van der Waals surface area contributed by atoms with Crippen LogP contribution in [0.1, 0.15) is 10.4 Å². The maximum absolute atomic E-state index is 12.3. The molecule has 20 heavy (non-hydrogen) atoms. The zero-order valence-electron chi connectivity index (χ0n) is 10.4. The van der Waals surface area contributed by atoms with Gasteiger partial charge in [0.15, 0.2) is 0 Å². The van der Waals surface area contributed by atoms with Crippen molar-refractivity contribution in [2.75, 3.05) is 5.32 Å². The van der Waals surface area contributed by atoms with Crippen molar-refractivity contribution in [3.05, 3.63) is 60.7 Å².